The lowest BCUT2D eigenvalue weighted by Crippen LogP contribution is -2.26. The van der Waals surface area contributed by atoms with Crippen LogP contribution in [0.5, 0.6) is 11.5 Å². The van der Waals surface area contributed by atoms with Crippen LogP contribution in [-0.4, -0.2) is 20.1 Å². The zero-order chi connectivity index (χ0) is 17.5. The van der Waals surface area contributed by atoms with Crippen molar-refractivity contribution in [1.29, 1.82) is 0 Å². The first kappa shape index (κ1) is 18.1. The third-order valence-corrected chi connectivity index (χ3v) is 4.01. The maximum atomic E-state index is 12.2. The molecule has 0 bridgehead atoms. The van der Waals surface area contributed by atoms with Gasteiger partial charge in [-0.2, -0.15) is 0 Å². The molecule has 2 rings (SSSR count). The summed E-state index contributed by atoms with van der Waals surface area (Å²) in [5.74, 6) is 1.43. The Bertz CT molecular complexity index is 681. The fourth-order valence-corrected chi connectivity index (χ4v) is 2.64. The van der Waals surface area contributed by atoms with E-state index >= 15 is 0 Å². The standard InChI is InChI=1S/C19H22ClNO3/c1-13(15-5-4-6-16(20)11-15)21-19(22)8-7-14-9-17(23-2)12-18(10-14)24-3/h4-6,9-13H,7-8H2,1-3H3,(H,21,22). The van der Waals surface area contributed by atoms with Crippen molar-refractivity contribution in [1.82, 2.24) is 5.32 Å². The number of aryl methyl sites for hydroxylation is 1. The van der Waals surface area contributed by atoms with Crippen molar-refractivity contribution in [3.05, 3.63) is 58.6 Å². The number of amides is 1. The maximum Gasteiger partial charge on any atom is 0.220 e. The Labute approximate surface area is 147 Å². The molecule has 0 fully saturated rings. The van der Waals surface area contributed by atoms with Gasteiger partial charge in [-0.3, -0.25) is 4.79 Å². The molecule has 0 aliphatic heterocycles. The second-order valence-electron chi connectivity index (χ2n) is 5.57. The number of nitrogens with one attached hydrogen (secondary N) is 1. The van der Waals surface area contributed by atoms with E-state index in [1.165, 1.54) is 0 Å². The summed E-state index contributed by atoms with van der Waals surface area (Å²) < 4.78 is 10.5. The summed E-state index contributed by atoms with van der Waals surface area (Å²) in [6.45, 7) is 1.94. The van der Waals surface area contributed by atoms with E-state index in [2.05, 4.69) is 5.32 Å². The van der Waals surface area contributed by atoms with E-state index in [4.69, 9.17) is 21.1 Å². The molecule has 0 saturated heterocycles. The van der Waals surface area contributed by atoms with Gasteiger partial charge in [0.15, 0.2) is 0 Å². The minimum Gasteiger partial charge on any atom is -0.497 e. The van der Waals surface area contributed by atoms with Gasteiger partial charge in [0.25, 0.3) is 0 Å². The largest absolute Gasteiger partial charge is 0.497 e. The van der Waals surface area contributed by atoms with Crippen LogP contribution in [0.15, 0.2) is 42.5 Å². The number of ether oxygens (including phenoxy) is 2. The first-order valence-electron chi connectivity index (χ1n) is 7.78. The van der Waals surface area contributed by atoms with E-state index in [1.54, 1.807) is 14.2 Å². The molecule has 2 aromatic rings. The molecule has 5 heteroatoms. The predicted molar refractivity (Wildman–Crippen MR) is 95.9 cm³/mol. The molecule has 0 spiro atoms. The molecule has 2 aromatic carbocycles. The van der Waals surface area contributed by atoms with Crippen molar-refractivity contribution in [3.63, 3.8) is 0 Å². The van der Waals surface area contributed by atoms with Crippen LogP contribution in [0.25, 0.3) is 0 Å². The lowest BCUT2D eigenvalue weighted by atomic mass is 10.1. The minimum absolute atomic E-state index is 0.00994. The number of rotatable bonds is 7. The molecule has 1 amide bonds. The Hall–Kier alpha value is -2.20. The molecule has 0 radical (unpaired) electrons. The van der Waals surface area contributed by atoms with Crippen molar-refractivity contribution >= 4 is 17.5 Å². The average Bonchev–Trinajstić information content (AvgIpc) is 2.59. The van der Waals surface area contributed by atoms with Crippen LogP contribution in [0.1, 0.15) is 30.5 Å². The van der Waals surface area contributed by atoms with E-state index in [1.807, 2.05) is 49.4 Å². The highest BCUT2D eigenvalue weighted by atomic mass is 35.5. The molecular weight excluding hydrogens is 326 g/mol. The van der Waals surface area contributed by atoms with Gasteiger partial charge in [-0.25, -0.2) is 0 Å². The Kier molecular flexibility index (Phi) is 6.50. The number of hydrogen-bond donors (Lipinski definition) is 1. The zero-order valence-electron chi connectivity index (χ0n) is 14.1. The monoisotopic (exact) mass is 347 g/mol. The molecule has 1 unspecified atom stereocenters. The van der Waals surface area contributed by atoms with Crippen molar-refractivity contribution in [3.8, 4) is 11.5 Å². The highest BCUT2D eigenvalue weighted by molar-refractivity contribution is 6.30. The Morgan fingerprint density at radius 1 is 1.12 bits per heavy atom. The van der Waals surface area contributed by atoms with E-state index in [0.717, 1.165) is 22.6 Å². The van der Waals surface area contributed by atoms with Crippen LogP contribution in [0.2, 0.25) is 5.02 Å². The van der Waals surface area contributed by atoms with Crippen molar-refractivity contribution in [2.24, 2.45) is 0 Å². The smallest absolute Gasteiger partial charge is 0.220 e. The maximum absolute atomic E-state index is 12.2. The normalized spacial score (nSPS) is 11.7. The van der Waals surface area contributed by atoms with Gasteiger partial charge in [-0.05, 0) is 48.7 Å². The summed E-state index contributed by atoms with van der Waals surface area (Å²) in [7, 11) is 3.22. The second-order valence-corrected chi connectivity index (χ2v) is 6.00. The summed E-state index contributed by atoms with van der Waals surface area (Å²) in [5.41, 5.74) is 1.98. The average molecular weight is 348 g/mol. The number of hydrogen-bond acceptors (Lipinski definition) is 3. The third-order valence-electron chi connectivity index (χ3n) is 3.78. The highest BCUT2D eigenvalue weighted by Gasteiger charge is 2.11. The molecule has 0 heterocycles. The molecule has 1 N–H and O–H groups in total. The van der Waals surface area contributed by atoms with Crippen LogP contribution in [0, 0.1) is 0 Å². The first-order valence-corrected chi connectivity index (χ1v) is 8.16. The topological polar surface area (TPSA) is 47.6 Å². The van der Waals surface area contributed by atoms with Crippen LogP contribution in [0.3, 0.4) is 0 Å². The van der Waals surface area contributed by atoms with Crippen LogP contribution >= 0.6 is 11.6 Å². The highest BCUT2D eigenvalue weighted by Crippen LogP contribution is 2.23. The second kappa shape index (κ2) is 8.60. The van der Waals surface area contributed by atoms with Gasteiger partial charge in [0.05, 0.1) is 20.3 Å². The first-order chi connectivity index (χ1) is 11.5. The summed E-state index contributed by atoms with van der Waals surface area (Å²) in [5, 5.41) is 3.65. The minimum atomic E-state index is -0.0870. The third kappa shape index (κ3) is 5.17. The van der Waals surface area contributed by atoms with Gasteiger partial charge in [0, 0.05) is 17.5 Å². The molecule has 128 valence electrons. The van der Waals surface area contributed by atoms with E-state index < -0.39 is 0 Å². The van der Waals surface area contributed by atoms with Crippen LogP contribution in [-0.2, 0) is 11.2 Å². The number of methoxy groups -OCH3 is 2. The summed E-state index contributed by atoms with van der Waals surface area (Å²) >= 11 is 5.99. The van der Waals surface area contributed by atoms with Gasteiger partial charge in [-0.15, -0.1) is 0 Å². The summed E-state index contributed by atoms with van der Waals surface area (Å²) in [4.78, 5) is 12.2. The van der Waals surface area contributed by atoms with Gasteiger partial charge in [-0.1, -0.05) is 23.7 Å². The van der Waals surface area contributed by atoms with Gasteiger partial charge in [0.2, 0.25) is 5.91 Å². The van der Waals surface area contributed by atoms with Gasteiger partial charge < -0.3 is 14.8 Å². The molecule has 0 aliphatic rings. The molecule has 0 aliphatic carbocycles. The van der Waals surface area contributed by atoms with E-state index in [0.29, 0.717) is 17.9 Å². The fraction of sp³-hybridized carbons (Fsp3) is 0.316. The van der Waals surface area contributed by atoms with Gasteiger partial charge >= 0.3 is 0 Å². The van der Waals surface area contributed by atoms with Crippen molar-refractivity contribution in [2.75, 3.05) is 14.2 Å². The Morgan fingerprint density at radius 3 is 2.38 bits per heavy atom. The molecular formula is C19H22ClNO3. The Balaban J connectivity index is 1.93. The molecule has 4 nitrogen and oxygen atoms in total. The van der Waals surface area contributed by atoms with Gasteiger partial charge in [0.1, 0.15) is 11.5 Å². The van der Waals surface area contributed by atoms with Crippen molar-refractivity contribution in [2.45, 2.75) is 25.8 Å². The number of halogens is 1. The molecule has 0 aromatic heterocycles. The molecule has 24 heavy (non-hydrogen) atoms. The van der Waals surface area contributed by atoms with E-state index in [-0.39, 0.29) is 11.9 Å². The summed E-state index contributed by atoms with van der Waals surface area (Å²) in [6.07, 6.45) is 1.00. The van der Waals surface area contributed by atoms with E-state index in [9.17, 15) is 4.79 Å². The SMILES string of the molecule is COc1cc(CCC(=O)NC(C)c2cccc(Cl)c2)cc(OC)c1. The predicted octanol–water partition coefficient (Wildman–Crippen LogP) is 4.17. The summed E-state index contributed by atoms with van der Waals surface area (Å²) in [6, 6.07) is 13.1. The van der Waals surface area contributed by atoms with Crippen LogP contribution in [0.4, 0.5) is 0 Å². The lowest BCUT2D eigenvalue weighted by molar-refractivity contribution is -0.121. The lowest BCUT2D eigenvalue weighted by Gasteiger charge is -2.15. The molecule has 0 saturated carbocycles. The van der Waals surface area contributed by atoms with Crippen molar-refractivity contribution < 1.29 is 14.3 Å². The number of carbonyl (C=O) groups excluding carboxylic acids is 1. The number of benzene rings is 2. The quantitative estimate of drug-likeness (QED) is 0.817. The van der Waals surface area contributed by atoms with Crippen LogP contribution < -0.4 is 14.8 Å². The Morgan fingerprint density at radius 2 is 1.79 bits per heavy atom. The molecule has 1 atom stereocenters. The fourth-order valence-electron chi connectivity index (χ4n) is 2.44. The number of carbonyl (C=O) groups is 1. The zero-order valence-corrected chi connectivity index (χ0v) is 14.9.